The number of rotatable bonds is 7. The van der Waals surface area contributed by atoms with Crippen LogP contribution in [0.25, 0.3) is 0 Å². The molecule has 1 aliphatic rings. The number of nitrogens with one attached hydrogen (secondary N) is 1. The summed E-state index contributed by atoms with van der Waals surface area (Å²) in [5.74, 6) is -0.429. The van der Waals surface area contributed by atoms with E-state index in [4.69, 9.17) is 10.5 Å². The van der Waals surface area contributed by atoms with Gasteiger partial charge in [-0.1, -0.05) is 12.2 Å². The Labute approximate surface area is 120 Å². The lowest BCUT2D eigenvalue weighted by Gasteiger charge is -2.29. The molecule has 3 N–H and O–H groups in total. The number of esters is 1. The van der Waals surface area contributed by atoms with Gasteiger partial charge in [-0.25, -0.2) is 0 Å². The summed E-state index contributed by atoms with van der Waals surface area (Å²) in [5.41, 5.74) is 5.27. The van der Waals surface area contributed by atoms with Crippen LogP contribution in [0.4, 0.5) is 0 Å². The highest BCUT2D eigenvalue weighted by molar-refractivity contribution is 7.87. The van der Waals surface area contributed by atoms with E-state index in [9.17, 15) is 13.2 Å². The van der Waals surface area contributed by atoms with Crippen LogP contribution in [-0.4, -0.2) is 51.5 Å². The maximum atomic E-state index is 12.0. The summed E-state index contributed by atoms with van der Waals surface area (Å²) in [4.78, 5) is 11.6. The molecule has 0 unspecified atom stereocenters. The molecular formula is C12H23N3O4S. The van der Waals surface area contributed by atoms with Gasteiger partial charge in [0.15, 0.2) is 0 Å². The Hall–Kier alpha value is -0.960. The molecule has 0 aliphatic carbocycles. The van der Waals surface area contributed by atoms with Crippen LogP contribution in [0.15, 0.2) is 12.2 Å². The molecule has 1 aliphatic heterocycles. The van der Waals surface area contributed by atoms with Crippen molar-refractivity contribution < 1.29 is 17.9 Å². The van der Waals surface area contributed by atoms with Gasteiger partial charge in [0.25, 0.3) is 10.2 Å². The summed E-state index contributed by atoms with van der Waals surface area (Å²) in [6, 6.07) is 0. The Bertz CT molecular complexity index is 428. The molecule has 1 saturated heterocycles. The molecule has 0 saturated carbocycles. The van der Waals surface area contributed by atoms with Crippen LogP contribution < -0.4 is 10.5 Å². The third-order valence-corrected chi connectivity index (χ3v) is 4.68. The molecule has 8 heteroatoms. The SMILES string of the molecule is CCOC(=O)C1CCN(S(=O)(=O)NC/C=C/CN)CC1. The molecule has 1 rings (SSSR count). The average molecular weight is 305 g/mol. The highest BCUT2D eigenvalue weighted by Gasteiger charge is 2.31. The van der Waals surface area contributed by atoms with E-state index in [0.717, 1.165) is 0 Å². The summed E-state index contributed by atoms with van der Waals surface area (Å²) in [6.07, 6.45) is 4.36. The summed E-state index contributed by atoms with van der Waals surface area (Å²) in [6.45, 7) is 3.38. The van der Waals surface area contributed by atoms with Gasteiger partial charge in [0, 0.05) is 26.2 Å². The standard InChI is InChI=1S/C12H23N3O4S/c1-2-19-12(16)11-5-9-15(10-6-11)20(17,18)14-8-4-3-7-13/h3-4,11,14H,2,5-10,13H2,1H3/b4-3+. The number of hydrogen-bond acceptors (Lipinski definition) is 5. The second-order valence-corrected chi connectivity index (χ2v) is 6.24. The molecule has 0 bridgehead atoms. The predicted octanol–water partition coefficient (Wildman–Crippen LogP) is -0.389. The molecule has 0 amide bonds. The zero-order chi connectivity index (χ0) is 15.0. The van der Waals surface area contributed by atoms with Crippen LogP contribution in [0.3, 0.4) is 0 Å². The maximum Gasteiger partial charge on any atom is 0.309 e. The number of ether oxygens (including phenoxy) is 1. The number of piperidine rings is 1. The van der Waals surface area contributed by atoms with E-state index in [1.807, 2.05) is 0 Å². The lowest BCUT2D eigenvalue weighted by atomic mass is 9.98. The molecule has 0 aromatic heterocycles. The van der Waals surface area contributed by atoms with Crippen LogP contribution >= 0.6 is 0 Å². The fourth-order valence-corrected chi connectivity index (χ4v) is 3.20. The quantitative estimate of drug-likeness (QED) is 0.493. The van der Waals surface area contributed by atoms with E-state index >= 15 is 0 Å². The van der Waals surface area contributed by atoms with Crippen molar-refractivity contribution >= 4 is 16.2 Å². The van der Waals surface area contributed by atoms with Gasteiger partial charge in [-0.15, -0.1) is 0 Å². The first kappa shape index (κ1) is 17.1. The molecule has 0 radical (unpaired) electrons. The minimum atomic E-state index is -3.49. The first-order valence-electron chi connectivity index (χ1n) is 6.77. The minimum Gasteiger partial charge on any atom is -0.466 e. The second kappa shape index (κ2) is 8.35. The number of carbonyl (C=O) groups excluding carboxylic acids is 1. The number of carbonyl (C=O) groups is 1. The van der Waals surface area contributed by atoms with Crippen molar-refractivity contribution in [3.63, 3.8) is 0 Å². The van der Waals surface area contributed by atoms with Gasteiger partial charge in [-0.05, 0) is 19.8 Å². The van der Waals surface area contributed by atoms with Gasteiger partial charge >= 0.3 is 5.97 Å². The first-order valence-corrected chi connectivity index (χ1v) is 8.21. The Morgan fingerprint density at radius 1 is 1.40 bits per heavy atom. The minimum absolute atomic E-state index is 0.196. The molecule has 0 spiro atoms. The summed E-state index contributed by atoms with van der Waals surface area (Å²) in [7, 11) is -3.49. The second-order valence-electron chi connectivity index (χ2n) is 4.49. The Morgan fingerprint density at radius 3 is 2.60 bits per heavy atom. The topological polar surface area (TPSA) is 102 Å². The van der Waals surface area contributed by atoms with Gasteiger partial charge in [-0.2, -0.15) is 17.4 Å². The Morgan fingerprint density at radius 2 is 2.05 bits per heavy atom. The molecule has 116 valence electrons. The van der Waals surface area contributed by atoms with Crippen LogP contribution in [0.5, 0.6) is 0 Å². The van der Waals surface area contributed by atoms with Crippen molar-refractivity contribution in [1.29, 1.82) is 0 Å². The molecule has 1 heterocycles. The average Bonchev–Trinajstić information content (AvgIpc) is 2.44. The molecule has 0 aromatic rings. The smallest absolute Gasteiger partial charge is 0.309 e. The van der Waals surface area contributed by atoms with E-state index in [1.165, 1.54) is 4.31 Å². The zero-order valence-corrected chi connectivity index (χ0v) is 12.6. The van der Waals surface area contributed by atoms with Gasteiger partial charge in [0.1, 0.15) is 0 Å². The van der Waals surface area contributed by atoms with Crippen LogP contribution in [0.2, 0.25) is 0 Å². The first-order chi connectivity index (χ1) is 9.51. The van der Waals surface area contributed by atoms with Crippen LogP contribution in [-0.2, 0) is 19.7 Å². The molecule has 7 nitrogen and oxygen atoms in total. The summed E-state index contributed by atoms with van der Waals surface area (Å²) >= 11 is 0. The largest absolute Gasteiger partial charge is 0.466 e. The van der Waals surface area contributed by atoms with E-state index in [1.54, 1.807) is 19.1 Å². The highest BCUT2D eigenvalue weighted by Crippen LogP contribution is 2.20. The Kier molecular flexibility index (Phi) is 7.14. The summed E-state index contributed by atoms with van der Waals surface area (Å²) < 4.78 is 32.8. The molecule has 20 heavy (non-hydrogen) atoms. The molecular weight excluding hydrogens is 282 g/mol. The zero-order valence-electron chi connectivity index (χ0n) is 11.7. The van der Waals surface area contributed by atoms with Crippen molar-refractivity contribution in [2.45, 2.75) is 19.8 Å². The molecule has 0 atom stereocenters. The highest BCUT2D eigenvalue weighted by atomic mass is 32.2. The lowest BCUT2D eigenvalue weighted by Crippen LogP contribution is -2.46. The third kappa shape index (κ3) is 5.20. The van der Waals surface area contributed by atoms with E-state index in [2.05, 4.69) is 4.72 Å². The fourth-order valence-electron chi connectivity index (χ4n) is 2.02. The fraction of sp³-hybridized carbons (Fsp3) is 0.750. The number of nitrogens with two attached hydrogens (primary N) is 1. The van der Waals surface area contributed by atoms with Crippen molar-refractivity contribution in [1.82, 2.24) is 9.03 Å². The van der Waals surface area contributed by atoms with Gasteiger partial charge in [0.2, 0.25) is 0 Å². The lowest BCUT2D eigenvalue weighted by molar-refractivity contribution is -0.149. The van der Waals surface area contributed by atoms with E-state index in [0.29, 0.717) is 39.1 Å². The molecule has 1 fully saturated rings. The monoisotopic (exact) mass is 305 g/mol. The Balaban J connectivity index is 2.43. The third-order valence-electron chi connectivity index (χ3n) is 3.10. The van der Waals surface area contributed by atoms with Gasteiger partial charge in [0.05, 0.1) is 12.5 Å². The van der Waals surface area contributed by atoms with Crippen LogP contribution in [0, 0.1) is 5.92 Å². The van der Waals surface area contributed by atoms with Crippen molar-refractivity contribution in [3.8, 4) is 0 Å². The maximum absolute atomic E-state index is 12.0. The number of hydrogen-bond donors (Lipinski definition) is 2. The van der Waals surface area contributed by atoms with Gasteiger partial charge < -0.3 is 10.5 Å². The summed E-state index contributed by atoms with van der Waals surface area (Å²) in [5, 5.41) is 0. The van der Waals surface area contributed by atoms with E-state index in [-0.39, 0.29) is 18.4 Å². The van der Waals surface area contributed by atoms with Crippen molar-refractivity contribution in [2.75, 3.05) is 32.8 Å². The van der Waals surface area contributed by atoms with E-state index < -0.39 is 10.2 Å². The predicted molar refractivity (Wildman–Crippen MR) is 76.0 cm³/mol. The van der Waals surface area contributed by atoms with Crippen molar-refractivity contribution in [3.05, 3.63) is 12.2 Å². The van der Waals surface area contributed by atoms with Crippen molar-refractivity contribution in [2.24, 2.45) is 11.7 Å². The van der Waals surface area contributed by atoms with Crippen LogP contribution in [0.1, 0.15) is 19.8 Å². The molecule has 0 aromatic carbocycles. The number of nitrogens with zero attached hydrogens (tertiary/aromatic N) is 1. The van der Waals surface area contributed by atoms with Gasteiger partial charge in [-0.3, -0.25) is 4.79 Å². The normalized spacial score (nSPS) is 18.5.